The molecule has 0 bridgehead atoms. The molecule has 0 aliphatic heterocycles. The fourth-order valence-corrected chi connectivity index (χ4v) is 2.03. The fraction of sp³-hybridized carbons (Fsp3) is 0.667. The van der Waals surface area contributed by atoms with Crippen LogP contribution in [-0.2, 0) is 0 Å². The van der Waals surface area contributed by atoms with Gasteiger partial charge in [0.05, 0.1) is 11.1 Å². The predicted octanol–water partition coefficient (Wildman–Crippen LogP) is 2.87. The van der Waals surface area contributed by atoms with Crippen LogP contribution in [0.4, 0.5) is 5.13 Å². The maximum atomic E-state index is 9.92. The number of thiazole rings is 1. The molecule has 0 fully saturated rings. The first-order valence-electron chi connectivity index (χ1n) is 4.34. The minimum Gasteiger partial charge on any atom is -0.388 e. The third kappa shape index (κ3) is 2.68. The van der Waals surface area contributed by atoms with Crippen molar-refractivity contribution in [2.45, 2.75) is 38.8 Å². The normalized spacial score (nSPS) is 13.0. The first-order valence-corrected chi connectivity index (χ1v) is 6.01. The number of hydrogen-bond donors (Lipinski definition) is 2. The van der Waals surface area contributed by atoms with Gasteiger partial charge >= 0.3 is 0 Å². The van der Waals surface area contributed by atoms with Crippen LogP contribution in [-0.4, -0.2) is 21.2 Å². The minimum atomic E-state index is -0.800. The second-order valence-corrected chi connectivity index (χ2v) is 5.95. The molecule has 14 heavy (non-hydrogen) atoms. The summed E-state index contributed by atoms with van der Waals surface area (Å²) < 4.78 is 0.816. The minimum absolute atomic E-state index is 0.412. The van der Waals surface area contributed by atoms with E-state index in [9.17, 15) is 5.11 Å². The number of hydrogen-bond acceptors (Lipinski definition) is 4. The Morgan fingerprint density at radius 2 is 2.00 bits per heavy atom. The molecule has 1 aromatic rings. The first-order chi connectivity index (χ1) is 6.22. The standard InChI is InChI=1S/C9H15BrN2OS/c1-8(2,9(3,4)13)12-7-11-6(10)5-14-7/h5,13H,1-4H3,(H,11,12). The van der Waals surface area contributed by atoms with Gasteiger partial charge in [0.1, 0.15) is 4.60 Å². The van der Waals surface area contributed by atoms with E-state index in [1.54, 1.807) is 13.8 Å². The summed E-state index contributed by atoms with van der Waals surface area (Å²) in [5, 5.41) is 15.8. The van der Waals surface area contributed by atoms with Crippen LogP contribution < -0.4 is 5.32 Å². The molecule has 5 heteroatoms. The molecule has 0 radical (unpaired) electrons. The van der Waals surface area contributed by atoms with E-state index in [4.69, 9.17) is 0 Å². The molecule has 0 aliphatic rings. The van der Waals surface area contributed by atoms with Gasteiger partial charge < -0.3 is 10.4 Å². The van der Waals surface area contributed by atoms with Gasteiger partial charge in [-0.05, 0) is 43.6 Å². The number of aromatic nitrogens is 1. The van der Waals surface area contributed by atoms with Crippen molar-refractivity contribution >= 4 is 32.4 Å². The van der Waals surface area contributed by atoms with Gasteiger partial charge in [0.2, 0.25) is 0 Å². The van der Waals surface area contributed by atoms with Crippen LogP contribution in [0.2, 0.25) is 0 Å². The topological polar surface area (TPSA) is 45.1 Å². The van der Waals surface area contributed by atoms with E-state index in [1.165, 1.54) is 11.3 Å². The van der Waals surface area contributed by atoms with E-state index >= 15 is 0 Å². The van der Waals surface area contributed by atoms with Crippen LogP contribution in [0.5, 0.6) is 0 Å². The maximum Gasteiger partial charge on any atom is 0.184 e. The molecule has 2 N–H and O–H groups in total. The molecular formula is C9H15BrN2OS. The van der Waals surface area contributed by atoms with Gasteiger partial charge in [-0.3, -0.25) is 0 Å². The molecule has 0 amide bonds. The van der Waals surface area contributed by atoms with Crippen molar-refractivity contribution in [3.63, 3.8) is 0 Å². The molecule has 80 valence electrons. The van der Waals surface area contributed by atoms with Crippen LogP contribution in [0.3, 0.4) is 0 Å². The fourth-order valence-electron chi connectivity index (χ4n) is 0.732. The summed E-state index contributed by atoms with van der Waals surface area (Å²) in [5.41, 5.74) is -1.21. The molecule has 0 unspecified atom stereocenters. The average Bonchev–Trinajstić information content (AvgIpc) is 2.31. The highest BCUT2D eigenvalue weighted by atomic mass is 79.9. The van der Waals surface area contributed by atoms with Crippen LogP contribution in [0.1, 0.15) is 27.7 Å². The van der Waals surface area contributed by atoms with Gasteiger partial charge in [-0.1, -0.05) is 0 Å². The van der Waals surface area contributed by atoms with E-state index in [0.29, 0.717) is 0 Å². The van der Waals surface area contributed by atoms with Crippen molar-refractivity contribution in [2.75, 3.05) is 5.32 Å². The third-order valence-electron chi connectivity index (χ3n) is 2.43. The SMILES string of the molecule is CC(C)(O)C(C)(C)Nc1nc(Br)cs1. The Bertz CT molecular complexity index is 317. The van der Waals surface area contributed by atoms with E-state index < -0.39 is 11.1 Å². The molecule has 1 rings (SSSR count). The Kier molecular flexibility index (Phi) is 3.23. The van der Waals surface area contributed by atoms with Crippen molar-refractivity contribution < 1.29 is 5.11 Å². The highest BCUT2D eigenvalue weighted by molar-refractivity contribution is 9.10. The smallest absolute Gasteiger partial charge is 0.184 e. The van der Waals surface area contributed by atoms with Crippen LogP contribution in [0.25, 0.3) is 0 Å². The average molecular weight is 279 g/mol. The largest absolute Gasteiger partial charge is 0.388 e. The second kappa shape index (κ2) is 3.79. The molecule has 0 atom stereocenters. The molecule has 1 aromatic heterocycles. The third-order valence-corrected chi connectivity index (χ3v) is 3.89. The Morgan fingerprint density at radius 1 is 1.43 bits per heavy atom. The lowest BCUT2D eigenvalue weighted by atomic mass is 9.86. The van der Waals surface area contributed by atoms with Crippen molar-refractivity contribution in [3.05, 3.63) is 9.98 Å². The van der Waals surface area contributed by atoms with Crippen molar-refractivity contribution in [1.29, 1.82) is 0 Å². The van der Waals surface area contributed by atoms with Crippen LogP contribution >= 0.6 is 27.3 Å². The highest BCUT2D eigenvalue weighted by Gasteiger charge is 2.35. The maximum absolute atomic E-state index is 9.92. The lowest BCUT2D eigenvalue weighted by Gasteiger charge is -2.37. The summed E-state index contributed by atoms with van der Waals surface area (Å²) in [6.45, 7) is 7.45. The monoisotopic (exact) mass is 278 g/mol. The van der Waals surface area contributed by atoms with Crippen molar-refractivity contribution in [1.82, 2.24) is 4.98 Å². The summed E-state index contributed by atoms with van der Waals surface area (Å²) in [6.07, 6.45) is 0. The summed E-state index contributed by atoms with van der Waals surface area (Å²) >= 11 is 4.80. The zero-order valence-electron chi connectivity index (χ0n) is 8.76. The van der Waals surface area contributed by atoms with Gasteiger partial charge in [0, 0.05) is 5.38 Å². The lowest BCUT2D eigenvalue weighted by Crippen LogP contribution is -2.51. The first kappa shape index (κ1) is 11.9. The lowest BCUT2D eigenvalue weighted by molar-refractivity contribution is 0.0240. The van der Waals surface area contributed by atoms with Crippen LogP contribution in [0, 0.1) is 0 Å². The van der Waals surface area contributed by atoms with Gasteiger partial charge in [-0.15, -0.1) is 11.3 Å². The Hall–Kier alpha value is -0.130. The molecule has 0 saturated carbocycles. The van der Waals surface area contributed by atoms with Gasteiger partial charge in [-0.25, -0.2) is 4.98 Å². The summed E-state index contributed by atoms with van der Waals surface area (Å²) in [7, 11) is 0. The number of halogens is 1. The van der Waals surface area contributed by atoms with Gasteiger partial charge in [0.25, 0.3) is 0 Å². The molecular weight excluding hydrogens is 264 g/mol. The molecule has 1 heterocycles. The Balaban J connectivity index is 2.78. The molecule has 0 spiro atoms. The van der Waals surface area contributed by atoms with E-state index in [1.807, 2.05) is 19.2 Å². The summed E-state index contributed by atoms with van der Waals surface area (Å²) in [5.74, 6) is 0. The zero-order valence-corrected chi connectivity index (χ0v) is 11.2. The summed E-state index contributed by atoms with van der Waals surface area (Å²) in [6, 6.07) is 0. The van der Waals surface area contributed by atoms with E-state index in [-0.39, 0.29) is 0 Å². The molecule has 0 aromatic carbocycles. The highest BCUT2D eigenvalue weighted by Crippen LogP contribution is 2.28. The van der Waals surface area contributed by atoms with E-state index in [2.05, 4.69) is 26.2 Å². The summed E-state index contributed by atoms with van der Waals surface area (Å²) in [4.78, 5) is 4.22. The van der Waals surface area contributed by atoms with Crippen LogP contribution in [0.15, 0.2) is 9.98 Å². The quantitative estimate of drug-likeness (QED) is 0.894. The van der Waals surface area contributed by atoms with E-state index in [0.717, 1.165) is 9.73 Å². The molecule has 3 nitrogen and oxygen atoms in total. The number of aliphatic hydroxyl groups is 1. The van der Waals surface area contributed by atoms with Crippen molar-refractivity contribution in [2.24, 2.45) is 0 Å². The predicted molar refractivity (Wildman–Crippen MR) is 63.8 cm³/mol. The number of nitrogens with one attached hydrogen (secondary N) is 1. The Labute approximate surface area is 96.7 Å². The Morgan fingerprint density at radius 3 is 2.36 bits per heavy atom. The molecule has 0 aliphatic carbocycles. The number of anilines is 1. The second-order valence-electron chi connectivity index (χ2n) is 4.28. The van der Waals surface area contributed by atoms with Gasteiger partial charge in [-0.2, -0.15) is 0 Å². The zero-order chi connectivity index (χ0) is 11.0. The molecule has 0 saturated heterocycles. The number of nitrogens with zero attached hydrogens (tertiary/aromatic N) is 1. The van der Waals surface area contributed by atoms with Gasteiger partial charge in [0.15, 0.2) is 5.13 Å². The van der Waals surface area contributed by atoms with Crippen molar-refractivity contribution in [3.8, 4) is 0 Å². The number of rotatable bonds is 3.